The van der Waals surface area contributed by atoms with E-state index in [-0.39, 0.29) is 6.61 Å². The van der Waals surface area contributed by atoms with Gasteiger partial charge in [0.1, 0.15) is 6.61 Å². The van der Waals surface area contributed by atoms with Gasteiger partial charge in [0.05, 0.1) is 0 Å². The fraction of sp³-hybridized carbons (Fsp3) is 0.167. The average Bonchev–Trinajstić information content (AvgIpc) is 2.33. The minimum absolute atomic E-state index is 0.00766. The van der Waals surface area contributed by atoms with Gasteiger partial charge < -0.3 is 15.2 Å². The van der Waals surface area contributed by atoms with E-state index in [4.69, 9.17) is 16.7 Å². The summed E-state index contributed by atoms with van der Waals surface area (Å²) in [5, 5.41) is 11.7. The minimum atomic E-state index is -1.21. The number of ether oxygens (including phenoxy) is 1. The zero-order chi connectivity index (χ0) is 13.5. The van der Waals surface area contributed by atoms with E-state index < -0.39 is 18.1 Å². The molecule has 0 bridgehead atoms. The maximum Gasteiger partial charge on any atom is 0.408 e. The summed E-state index contributed by atoms with van der Waals surface area (Å²) in [6.45, 7) is 3.39. The van der Waals surface area contributed by atoms with Crippen molar-refractivity contribution in [1.82, 2.24) is 5.32 Å². The van der Waals surface area contributed by atoms with E-state index in [2.05, 4.69) is 16.6 Å². The van der Waals surface area contributed by atoms with E-state index in [1.807, 2.05) is 0 Å². The number of rotatable bonds is 5. The van der Waals surface area contributed by atoms with Gasteiger partial charge in [-0.1, -0.05) is 36.4 Å². The van der Waals surface area contributed by atoms with Gasteiger partial charge in [-0.15, -0.1) is 0 Å². The summed E-state index contributed by atoms with van der Waals surface area (Å²) in [5.41, 5.74) is 0.366. The van der Waals surface area contributed by atoms with Crippen LogP contribution in [0.4, 0.5) is 4.79 Å². The fourth-order valence-corrected chi connectivity index (χ4v) is 1.47. The van der Waals surface area contributed by atoms with Gasteiger partial charge in [0.25, 0.3) is 0 Å². The standard InChI is InChI=1S/C12H12ClNO4/c1-2-6-18-12(17)14-10(11(15)16)8-4-3-5-9(13)7-8/h2-5,7,10H,1,6H2,(H,14,17)(H,15,16)/t10-/m0/s1. The lowest BCUT2D eigenvalue weighted by atomic mass is 10.1. The van der Waals surface area contributed by atoms with Crippen molar-refractivity contribution in [3.8, 4) is 0 Å². The Morgan fingerprint density at radius 1 is 1.56 bits per heavy atom. The zero-order valence-corrected chi connectivity index (χ0v) is 10.2. The molecule has 5 nitrogen and oxygen atoms in total. The molecule has 1 amide bonds. The highest BCUT2D eigenvalue weighted by atomic mass is 35.5. The second-order valence-electron chi connectivity index (χ2n) is 3.36. The van der Waals surface area contributed by atoms with Crippen molar-refractivity contribution in [2.45, 2.75) is 6.04 Å². The molecule has 1 atom stereocenters. The van der Waals surface area contributed by atoms with E-state index in [1.54, 1.807) is 18.2 Å². The number of carbonyl (C=O) groups is 2. The van der Waals surface area contributed by atoms with Gasteiger partial charge in [-0.3, -0.25) is 0 Å². The van der Waals surface area contributed by atoms with Crippen LogP contribution in [0.15, 0.2) is 36.9 Å². The number of alkyl carbamates (subject to hydrolysis) is 1. The van der Waals surface area contributed by atoms with E-state index in [9.17, 15) is 9.59 Å². The summed E-state index contributed by atoms with van der Waals surface area (Å²) in [4.78, 5) is 22.4. The van der Waals surface area contributed by atoms with Crippen LogP contribution >= 0.6 is 11.6 Å². The maximum absolute atomic E-state index is 11.3. The molecule has 0 saturated carbocycles. The number of nitrogens with one attached hydrogen (secondary N) is 1. The first-order valence-corrected chi connectivity index (χ1v) is 5.45. The molecule has 0 aliphatic rings. The van der Waals surface area contributed by atoms with Gasteiger partial charge in [-0.25, -0.2) is 9.59 Å². The SMILES string of the molecule is C=CCOC(=O)N[C@H](C(=O)O)c1cccc(Cl)c1. The normalized spacial score (nSPS) is 11.4. The van der Waals surface area contributed by atoms with Crippen LogP contribution in [0.2, 0.25) is 5.02 Å². The zero-order valence-electron chi connectivity index (χ0n) is 9.43. The van der Waals surface area contributed by atoms with Crippen LogP contribution < -0.4 is 5.32 Å². The molecule has 6 heteroatoms. The molecule has 2 N–H and O–H groups in total. The van der Waals surface area contributed by atoms with E-state index in [0.29, 0.717) is 10.6 Å². The van der Waals surface area contributed by atoms with Gasteiger partial charge in [0.15, 0.2) is 6.04 Å². The van der Waals surface area contributed by atoms with Gasteiger partial charge in [-0.2, -0.15) is 0 Å². The van der Waals surface area contributed by atoms with Crippen LogP contribution in [0.3, 0.4) is 0 Å². The topological polar surface area (TPSA) is 75.6 Å². The van der Waals surface area contributed by atoms with E-state index in [0.717, 1.165) is 0 Å². The van der Waals surface area contributed by atoms with Gasteiger partial charge in [0.2, 0.25) is 0 Å². The van der Waals surface area contributed by atoms with Crippen molar-refractivity contribution in [2.24, 2.45) is 0 Å². The third kappa shape index (κ3) is 4.10. The molecule has 0 spiro atoms. The molecule has 1 aromatic rings. The Hall–Kier alpha value is -2.01. The number of hydrogen-bond donors (Lipinski definition) is 2. The summed E-state index contributed by atoms with van der Waals surface area (Å²) < 4.78 is 4.66. The monoisotopic (exact) mass is 269 g/mol. The lowest BCUT2D eigenvalue weighted by Gasteiger charge is -2.14. The maximum atomic E-state index is 11.3. The first-order chi connectivity index (χ1) is 8.54. The van der Waals surface area contributed by atoms with Crippen LogP contribution in [-0.4, -0.2) is 23.8 Å². The number of halogens is 1. The van der Waals surface area contributed by atoms with E-state index >= 15 is 0 Å². The Morgan fingerprint density at radius 3 is 2.83 bits per heavy atom. The summed E-state index contributed by atoms with van der Waals surface area (Å²) in [7, 11) is 0. The Bertz CT molecular complexity index is 461. The fourth-order valence-electron chi connectivity index (χ4n) is 1.27. The number of carboxylic acids is 1. The number of carbonyl (C=O) groups excluding carboxylic acids is 1. The van der Waals surface area contributed by atoms with Gasteiger partial charge in [0, 0.05) is 5.02 Å². The molecule has 0 fully saturated rings. The molecule has 1 aromatic carbocycles. The predicted molar refractivity (Wildman–Crippen MR) is 66.5 cm³/mol. The summed E-state index contributed by atoms with van der Waals surface area (Å²) in [6, 6.07) is 5.03. The molecule has 0 aromatic heterocycles. The molecule has 0 saturated heterocycles. The molecule has 0 radical (unpaired) electrons. The molecule has 0 unspecified atom stereocenters. The van der Waals surface area contributed by atoms with Crippen molar-refractivity contribution in [3.05, 3.63) is 47.5 Å². The third-order valence-corrected chi connectivity index (χ3v) is 2.26. The Labute approximate surface area is 109 Å². The lowest BCUT2D eigenvalue weighted by Crippen LogP contribution is -2.34. The molecular weight excluding hydrogens is 258 g/mol. The first-order valence-electron chi connectivity index (χ1n) is 5.07. The van der Waals surface area contributed by atoms with Crippen molar-refractivity contribution in [2.75, 3.05) is 6.61 Å². The van der Waals surface area contributed by atoms with Crippen molar-refractivity contribution in [1.29, 1.82) is 0 Å². The van der Waals surface area contributed by atoms with Crippen LogP contribution in [0.5, 0.6) is 0 Å². The summed E-state index contributed by atoms with van der Waals surface area (Å²) >= 11 is 5.76. The van der Waals surface area contributed by atoms with Gasteiger partial charge in [-0.05, 0) is 17.7 Å². The van der Waals surface area contributed by atoms with Gasteiger partial charge >= 0.3 is 12.1 Å². The number of carboxylic acid groups (broad SMARTS) is 1. The van der Waals surface area contributed by atoms with Crippen LogP contribution in [-0.2, 0) is 9.53 Å². The Morgan fingerprint density at radius 2 is 2.28 bits per heavy atom. The lowest BCUT2D eigenvalue weighted by molar-refractivity contribution is -0.139. The average molecular weight is 270 g/mol. The molecular formula is C12H12ClNO4. The number of hydrogen-bond acceptors (Lipinski definition) is 3. The predicted octanol–water partition coefficient (Wildman–Crippen LogP) is 2.38. The first kappa shape index (κ1) is 14.1. The molecule has 0 heterocycles. The Balaban J connectivity index is 2.80. The molecule has 0 aliphatic heterocycles. The summed E-state index contributed by atoms with van der Waals surface area (Å²) in [6.07, 6.45) is 0.552. The van der Waals surface area contributed by atoms with Crippen LogP contribution in [0.25, 0.3) is 0 Å². The second kappa shape index (κ2) is 6.66. The minimum Gasteiger partial charge on any atom is -0.479 e. The molecule has 0 aliphatic carbocycles. The van der Waals surface area contributed by atoms with E-state index in [1.165, 1.54) is 12.1 Å². The molecule has 96 valence electrons. The second-order valence-corrected chi connectivity index (χ2v) is 3.79. The number of benzene rings is 1. The van der Waals surface area contributed by atoms with Crippen LogP contribution in [0, 0.1) is 0 Å². The van der Waals surface area contributed by atoms with Crippen molar-refractivity contribution < 1.29 is 19.4 Å². The summed E-state index contributed by atoms with van der Waals surface area (Å²) in [5.74, 6) is -1.20. The molecule has 1 rings (SSSR count). The number of aliphatic carboxylic acids is 1. The molecule has 18 heavy (non-hydrogen) atoms. The van der Waals surface area contributed by atoms with Crippen LogP contribution in [0.1, 0.15) is 11.6 Å². The highest BCUT2D eigenvalue weighted by Gasteiger charge is 2.22. The highest BCUT2D eigenvalue weighted by molar-refractivity contribution is 6.30. The smallest absolute Gasteiger partial charge is 0.408 e. The third-order valence-electron chi connectivity index (χ3n) is 2.02. The number of amides is 1. The van der Waals surface area contributed by atoms with Crippen molar-refractivity contribution >= 4 is 23.7 Å². The quantitative estimate of drug-likeness (QED) is 0.805. The highest BCUT2D eigenvalue weighted by Crippen LogP contribution is 2.18. The Kier molecular flexibility index (Phi) is 5.20. The van der Waals surface area contributed by atoms with Crippen molar-refractivity contribution in [3.63, 3.8) is 0 Å². The largest absolute Gasteiger partial charge is 0.479 e.